The zero-order chi connectivity index (χ0) is 23.4. The summed E-state index contributed by atoms with van der Waals surface area (Å²) in [5.74, 6) is 2.30. The summed E-state index contributed by atoms with van der Waals surface area (Å²) in [5.41, 5.74) is 0.0450. The first-order valence-corrected chi connectivity index (χ1v) is 12.2. The predicted molar refractivity (Wildman–Crippen MR) is 127 cm³/mol. The summed E-state index contributed by atoms with van der Waals surface area (Å²) in [7, 11) is 0. The van der Waals surface area contributed by atoms with Crippen LogP contribution in [0.2, 0.25) is 5.02 Å². The number of carbonyl (C=O) groups excluding carboxylic acids is 1. The Morgan fingerprint density at radius 2 is 1.88 bits per heavy atom. The summed E-state index contributed by atoms with van der Waals surface area (Å²) in [6, 6.07) is 11.2. The molecule has 1 saturated carbocycles. The second-order valence-corrected chi connectivity index (χ2v) is 9.98. The molecule has 3 aliphatic rings. The highest BCUT2D eigenvalue weighted by molar-refractivity contribution is 6.30. The maximum Gasteiger partial charge on any atom is 0.261 e. The molecule has 3 aromatic rings. The number of hydrogen-bond acceptors (Lipinski definition) is 5. The summed E-state index contributed by atoms with van der Waals surface area (Å²) in [6.45, 7) is 3.96. The van der Waals surface area contributed by atoms with Gasteiger partial charge in [-0.3, -0.25) is 9.36 Å². The van der Waals surface area contributed by atoms with Gasteiger partial charge in [-0.05, 0) is 68.5 Å². The van der Waals surface area contributed by atoms with Crippen LogP contribution in [0.4, 0.5) is 10.2 Å². The minimum Gasteiger partial charge on any atom is -0.357 e. The maximum atomic E-state index is 14.8. The smallest absolute Gasteiger partial charge is 0.261 e. The highest BCUT2D eigenvalue weighted by atomic mass is 35.5. The van der Waals surface area contributed by atoms with Gasteiger partial charge >= 0.3 is 0 Å². The van der Waals surface area contributed by atoms with E-state index in [2.05, 4.69) is 24.6 Å². The Kier molecular flexibility index (Phi) is 5.09. The van der Waals surface area contributed by atoms with Gasteiger partial charge in [-0.25, -0.2) is 9.37 Å². The molecule has 6 rings (SSSR count). The fourth-order valence-corrected chi connectivity index (χ4v) is 5.38. The van der Waals surface area contributed by atoms with E-state index in [4.69, 9.17) is 11.6 Å². The number of rotatable bonds is 3. The van der Waals surface area contributed by atoms with Gasteiger partial charge in [0.2, 0.25) is 0 Å². The molecule has 9 heteroatoms. The van der Waals surface area contributed by atoms with Crippen molar-refractivity contribution in [3.05, 3.63) is 64.8 Å². The molecule has 0 bridgehead atoms. The third-order valence-electron chi connectivity index (χ3n) is 7.34. The molecule has 1 amide bonds. The van der Waals surface area contributed by atoms with Crippen molar-refractivity contribution in [2.24, 2.45) is 0 Å². The van der Waals surface area contributed by atoms with Gasteiger partial charge in [0, 0.05) is 36.8 Å². The number of pyridine rings is 1. The topological polar surface area (TPSA) is 67.2 Å². The first-order chi connectivity index (χ1) is 16.4. The van der Waals surface area contributed by atoms with Crippen LogP contribution in [-0.2, 0) is 11.3 Å². The van der Waals surface area contributed by atoms with Crippen molar-refractivity contribution >= 4 is 23.3 Å². The van der Waals surface area contributed by atoms with E-state index in [0.717, 1.165) is 48.8 Å². The fourth-order valence-electron chi connectivity index (χ4n) is 5.19. The first kappa shape index (κ1) is 21.5. The van der Waals surface area contributed by atoms with Gasteiger partial charge in [0.15, 0.2) is 11.5 Å². The Hall–Kier alpha value is -3.00. The van der Waals surface area contributed by atoms with Gasteiger partial charge in [-0.1, -0.05) is 17.7 Å². The van der Waals surface area contributed by atoms with Gasteiger partial charge in [-0.2, -0.15) is 0 Å². The number of anilines is 1. The summed E-state index contributed by atoms with van der Waals surface area (Å²) in [6.07, 6.45) is 4.22. The van der Waals surface area contributed by atoms with Crippen molar-refractivity contribution in [3.63, 3.8) is 0 Å². The number of halogens is 2. The van der Waals surface area contributed by atoms with Gasteiger partial charge in [0.25, 0.3) is 5.91 Å². The predicted octanol–water partition coefficient (Wildman–Crippen LogP) is 4.61. The number of hydrogen-bond donors (Lipinski definition) is 0. The number of amides is 1. The Morgan fingerprint density at radius 1 is 1.12 bits per heavy atom. The lowest BCUT2D eigenvalue weighted by molar-refractivity contribution is -0.141. The molecule has 176 valence electrons. The van der Waals surface area contributed by atoms with E-state index in [1.165, 1.54) is 0 Å². The molecular formula is C25H26ClFN6O. The molecule has 2 aromatic heterocycles. The minimum atomic E-state index is -1.75. The lowest BCUT2D eigenvalue weighted by Gasteiger charge is -2.32. The molecule has 0 N–H and O–H groups in total. The molecule has 1 aliphatic carbocycles. The van der Waals surface area contributed by atoms with Crippen molar-refractivity contribution in [2.45, 2.75) is 56.8 Å². The third kappa shape index (κ3) is 3.55. The molecule has 2 aliphatic heterocycles. The first-order valence-electron chi connectivity index (χ1n) is 11.8. The van der Waals surface area contributed by atoms with E-state index >= 15 is 0 Å². The van der Waals surface area contributed by atoms with Crippen LogP contribution in [0.5, 0.6) is 0 Å². The van der Waals surface area contributed by atoms with Crippen molar-refractivity contribution in [3.8, 4) is 5.69 Å². The van der Waals surface area contributed by atoms with Gasteiger partial charge in [-0.15, -0.1) is 10.2 Å². The van der Waals surface area contributed by atoms with E-state index in [0.29, 0.717) is 17.4 Å². The van der Waals surface area contributed by atoms with Crippen LogP contribution in [0.1, 0.15) is 61.8 Å². The van der Waals surface area contributed by atoms with E-state index < -0.39 is 17.6 Å². The standard InChI is InChI=1S/C25H26ClFN6O/c1-16-22-29-30-23(17-7-12-31(13-8-17)21-4-2-3-11-28-21)33(22)20-6-5-19(26)14-18(20)15-32(16)24(34)25(27)9-10-25/h2-6,11,14,16-17H,7-10,12-13,15H2,1H3. The van der Waals surface area contributed by atoms with Crippen molar-refractivity contribution in [1.29, 1.82) is 0 Å². The molecule has 0 spiro atoms. The molecule has 2 fully saturated rings. The number of carbonyl (C=O) groups is 1. The van der Waals surface area contributed by atoms with Crippen molar-refractivity contribution in [1.82, 2.24) is 24.6 Å². The lowest BCUT2D eigenvalue weighted by Crippen LogP contribution is -2.39. The number of piperidine rings is 1. The Balaban J connectivity index is 1.36. The normalized spacial score (nSPS) is 21.6. The third-order valence-corrected chi connectivity index (χ3v) is 7.58. The molecule has 1 unspecified atom stereocenters. The molecule has 1 aromatic carbocycles. The number of fused-ring (bicyclic) bond motifs is 3. The molecular weight excluding hydrogens is 455 g/mol. The van der Waals surface area contributed by atoms with E-state index in [-0.39, 0.29) is 18.8 Å². The number of alkyl halides is 1. The average molecular weight is 481 g/mol. The summed E-state index contributed by atoms with van der Waals surface area (Å²) < 4.78 is 16.9. The quantitative estimate of drug-likeness (QED) is 0.548. The molecule has 34 heavy (non-hydrogen) atoms. The van der Waals surface area contributed by atoms with Gasteiger partial charge in [0.1, 0.15) is 11.6 Å². The second-order valence-electron chi connectivity index (χ2n) is 9.55. The summed E-state index contributed by atoms with van der Waals surface area (Å²) >= 11 is 6.33. The van der Waals surface area contributed by atoms with E-state index in [9.17, 15) is 9.18 Å². The summed E-state index contributed by atoms with van der Waals surface area (Å²) in [4.78, 5) is 21.5. The van der Waals surface area contributed by atoms with Crippen molar-refractivity contribution in [2.75, 3.05) is 18.0 Å². The van der Waals surface area contributed by atoms with Crippen LogP contribution >= 0.6 is 11.6 Å². The highest BCUT2D eigenvalue weighted by Crippen LogP contribution is 2.45. The van der Waals surface area contributed by atoms with Crippen LogP contribution in [0, 0.1) is 0 Å². The fraction of sp³-hybridized carbons (Fsp3) is 0.440. The number of aromatic nitrogens is 4. The Morgan fingerprint density at radius 3 is 2.59 bits per heavy atom. The molecule has 0 radical (unpaired) electrons. The van der Waals surface area contributed by atoms with Gasteiger partial charge in [0.05, 0.1) is 11.7 Å². The van der Waals surface area contributed by atoms with Crippen LogP contribution in [0.25, 0.3) is 5.69 Å². The molecule has 7 nitrogen and oxygen atoms in total. The highest BCUT2D eigenvalue weighted by Gasteiger charge is 2.54. The lowest BCUT2D eigenvalue weighted by atomic mass is 9.95. The van der Waals surface area contributed by atoms with Crippen molar-refractivity contribution < 1.29 is 9.18 Å². The maximum absolute atomic E-state index is 14.8. The molecule has 1 atom stereocenters. The number of nitrogens with zero attached hydrogens (tertiary/aromatic N) is 6. The monoisotopic (exact) mass is 480 g/mol. The Bertz CT molecular complexity index is 1240. The summed E-state index contributed by atoms with van der Waals surface area (Å²) in [5, 5.41) is 9.75. The molecule has 4 heterocycles. The van der Waals surface area contributed by atoms with Crippen LogP contribution in [-0.4, -0.2) is 49.3 Å². The van der Waals surface area contributed by atoms with Gasteiger partial charge < -0.3 is 9.80 Å². The largest absolute Gasteiger partial charge is 0.357 e. The van der Waals surface area contributed by atoms with Crippen LogP contribution in [0.15, 0.2) is 42.6 Å². The molecule has 1 saturated heterocycles. The Labute approximate surface area is 202 Å². The van der Waals surface area contributed by atoms with E-state index in [1.807, 2.05) is 49.5 Å². The van der Waals surface area contributed by atoms with Crippen LogP contribution < -0.4 is 4.90 Å². The second kappa shape index (κ2) is 8.05. The SMILES string of the molecule is CC1c2nnc(C3CCN(c4ccccn4)CC3)n2-c2ccc(Cl)cc2CN1C(=O)C1(F)CC1. The zero-order valence-electron chi connectivity index (χ0n) is 19.0. The van der Waals surface area contributed by atoms with E-state index in [1.54, 1.807) is 4.90 Å². The number of benzene rings is 1. The van der Waals surface area contributed by atoms with Crippen LogP contribution in [0.3, 0.4) is 0 Å². The average Bonchev–Trinajstić information content (AvgIpc) is 3.49. The zero-order valence-corrected chi connectivity index (χ0v) is 19.7. The minimum absolute atomic E-state index is 0.218.